The van der Waals surface area contributed by atoms with Gasteiger partial charge in [-0.3, -0.25) is 4.79 Å². The van der Waals surface area contributed by atoms with Gasteiger partial charge in [-0.15, -0.1) is 11.3 Å². The number of nitrogens with one attached hydrogen (secondary N) is 1. The van der Waals surface area contributed by atoms with Crippen LogP contribution in [0.1, 0.15) is 15.4 Å². The minimum absolute atomic E-state index is 0.0679. The smallest absolute Gasteiger partial charge is 0.267 e. The Hall–Kier alpha value is -1.98. The molecule has 0 radical (unpaired) electrons. The van der Waals surface area contributed by atoms with Gasteiger partial charge in [0.1, 0.15) is 18.1 Å². The van der Waals surface area contributed by atoms with E-state index in [1.54, 1.807) is 11.3 Å². The quantitative estimate of drug-likeness (QED) is 0.782. The molecule has 3 heterocycles. The highest BCUT2D eigenvalue weighted by molar-refractivity contribution is 7.09. The van der Waals surface area contributed by atoms with E-state index in [2.05, 4.69) is 11.4 Å². The molecule has 1 aliphatic heterocycles. The van der Waals surface area contributed by atoms with Crippen molar-refractivity contribution >= 4 is 39.7 Å². The number of aromatic nitrogens is 1. The van der Waals surface area contributed by atoms with Gasteiger partial charge in [0.15, 0.2) is 0 Å². The number of carbonyl (C=O) groups excluding carboxylic acids is 1. The van der Waals surface area contributed by atoms with Gasteiger partial charge in [0, 0.05) is 16.8 Å². The topological polar surface area (TPSA) is 43.3 Å². The fourth-order valence-electron chi connectivity index (χ4n) is 2.94. The number of carbonyl (C=O) groups is 1. The molecule has 0 atom stereocenters. The van der Waals surface area contributed by atoms with Crippen molar-refractivity contribution in [3.8, 4) is 5.75 Å². The second-order valence-electron chi connectivity index (χ2n) is 5.42. The lowest BCUT2D eigenvalue weighted by molar-refractivity contribution is 0.0943. The van der Waals surface area contributed by atoms with Gasteiger partial charge in [0.2, 0.25) is 0 Å². The molecule has 0 aliphatic carbocycles. The van der Waals surface area contributed by atoms with E-state index >= 15 is 0 Å². The Balaban J connectivity index is 1.60. The molecule has 1 aromatic carbocycles. The normalized spacial score (nSPS) is 13.1. The molecule has 3 aromatic rings. The second kappa shape index (κ2) is 5.91. The molecule has 0 saturated carbocycles. The number of hydrogen-bond donors (Lipinski definition) is 1. The number of nitrogens with zero attached hydrogens (tertiary/aromatic N) is 1. The first-order valence-corrected chi connectivity index (χ1v) is 8.75. The van der Waals surface area contributed by atoms with E-state index in [4.69, 9.17) is 16.3 Å². The molecular weight excluding hydrogens is 332 g/mol. The molecule has 0 unspecified atom stereocenters. The molecule has 2 aromatic heterocycles. The SMILES string of the molecule is O=C(NCCc1cccs1)c1cc2c(Cl)ccc3c2n1CCO3. The van der Waals surface area contributed by atoms with Gasteiger partial charge in [-0.1, -0.05) is 17.7 Å². The molecule has 1 amide bonds. The molecule has 0 fully saturated rings. The number of hydrogen-bond acceptors (Lipinski definition) is 3. The first-order valence-electron chi connectivity index (χ1n) is 7.49. The van der Waals surface area contributed by atoms with E-state index in [9.17, 15) is 4.79 Å². The predicted molar refractivity (Wildman–Crippen MR) is 92.8 cm³/mol. The number of rotatable bonds is 4. The Labute approximate surface area is 142 Å². The minimum atomic E-state index is -0.0679. The van der Waals surface area contributed by atoms with Crippen LogP contribution in [-0.4, -0.2) is 23.6 Å². The van der Waals surface area contributed by atoms with Gasteiger partial charge in [0.05, 0.1) is 17.1 Å². The summed E-state index contributed by atoms with van der Waals surface area (Å²) < 4.78 is 7.66. The average molecular weight is 347 g/mol. The highest BCUT2D eigenvalue weighted by Gasteiger charge is 2.22. The van der Waals surface area contributed by atoms with Crippen molar-refractivity contribution in [3.05, 3.63) is 51.3 Å². The summed E-state index contributed by atoms with van der Waals surface area (Å²) in [7, 11) is 0. The van der Waals surface area contributed by atoms with Gasteiger partial charge in [-0.05, 0) is 36.1 Å². The van der Waals surface area contributed by atoms with Crippen LogP contribution in [0.3, 0.4) is 0 Å². The number of halogens is 1. The second-order valence-corrected chi connectivity index (χ2v) is 6.86. The zero-order valence-electron chi connectivity index (χ0n) is 12.3. The maximum atomic E-state index is 12.6. The van der Waals surface area contributed by atoms with E-state index in [1.165, 1.54) is 4.88 Å². The van der Waals surface area contributed by atoms with Crippen LogP contribution in [0, 0.1) is 0 Å². The summed E-state index contributed by atoms with van der Waals surface area (Å²) in [6.45, 7) is 1.84. The Bertz CT molecular complexity index is 870. The van der Waals surface area contributed by atoms with Crippen LogP contribution >= 0.6 is 22.9 Å². The maximum Gasteiger partial charge on any atom is 0.267 e. The molecule has 4 rings (SSSR count). The molecule has 0 bridgehead atoms. The van der Waals surface area contributed by atoms with Gasteiger partial charge in [-0.2, -0.15) is 0 Å². The number of ether oxygens (including phenoxy) is 1. The van der Waals surface area contributed by atoms with Crippen molar-refractivity contribution in [2.45, 2.75) is 13.0 Å². The van der Waals surface area contributed by atoms with E-state index in [0.717, 1.165) is 23.1 Å². The minimum Gasteiger partial charge on any atom is -0.490 e. The summed E-state index contributed by atoms with van der Waals surface area (Å²) in [5, 5.41) is 6.55. The molecule has 0 saturated heterocycles. The summed E-state index contributed by atoms with van der Waals surface area (Å²) in [5.41, 5.74) is 1.55. The van der Waals surface area contributed by atoms with Crippen molar-refractivity contribution in [1.82, 2.24) is 9.88 Å². The molecule has 0 spiro atoms. The summed E-state index contributed by atoms with van der Waals surface area (Å²) in [6.07, 6.45) is 0.846. The standard InChI is InChI=1S/C17H15ClN2O2S/c18-13-3-4-15-16-12(13)10-14(20(16)7-8-22-15)17(21)19-6-5-11-2-1-9-23-11/h1-4,9-10H,5-8H2,(H,19,21). The first-order chi connectivity index (χ1) is 11.2. The van der Waals surface area contributed by atoms with Gasteiger partial charge < -0.3 is 14.6 Å². The van der Waals surface area contributed by atoms with Crippen molar-refractivity contribution in [3.63, 3.8) is 0 Å². The van der Waals surface area contributed by atoms with Crippen molar-refractivity contribution in [2.24, 2.45) is 0 Å². The predicted octanol–water partition coefficient (Wildman–Crippen LogP) is 3.72. The van der Waals surface area contributed by atoms with E-state index in [-0.39, 0.29) is 5.91 Å². The van der Waals surface area contributed by atoms with Gasteiger partial charge >= 0.3 is 0 Å². The maximum absolute atomic E-state index is 12.6. The average Bonchev–Trinajstić information content (AvgIpc) is 3.20. The summed E-state index contributed by atoms with van der Waals surface area (Å²) in [4.78, 5) is 13.8. The van der Waals surface area contributed by atoms with E-state index in [0.29, 0.717) is 30.4 Å². The van der Waals surface area contributed by atoms with Gasteiger partial charge in [-0.25, -0.2) is 0 Å². The molecule has 1 N–H and O–H groups in total. The van der Waals surface area contributed by atoms with Crippen LogP contribution in [0.2, 0.25) is 5.02 Å². The third-order valence-corrected chi connectivity index (χ3v) is 5.28. The number of benzene rings is 1. The van der Waals surface area contributed by atoms with Crippen molar-refractivity contribution in [1.29, 1.82) is 0 Å². The first kappa shape index (κ1) is 14.6. The Morgan fingerprint density at radius 3 is 3.13 bits per heavy atom. The van der Waals surface area contributed by atoms with Crippen LogP contribution in [0.5, 0.6) is 5.75 Å². The van der Waals surface area contributed by atoms with Crippen LogP contribution in [0.25, 0.3) is 10.9 Å². The monoisotopic (exact) mass is 346 g/mol. The highest BCUT2D eigenvalue weighted by atomic mass is 35.5. The van der Waals surface area contributed by atoms with E-state index in [1.807, 2.05) is 34.2 Å². The summed E-state index contributed by atoms with van der Waals surface area (Å²) >= 11 is 7.98. The molecule has 4 nitrogen and oxygen atoms in total. The fraction of sp³-hybridized carbons (Fsp3) is 0.235. The summed E-state index contributed by atoms with van der Waals surface area (Å²) in [6, 6.07) is 9.63. The van der Waals surface area contributed by atoms with Gasteiger partial charge in [0.25, 0.3) is 5.91 Å². The molecule has 23 heavy (non-hydrogen) atoms. The Morgan fingerprint density at radius 1 is 1.39 bits per heavy atom. The highest BCUT2D eigenvalue weighted by Crippen LogP contribution is 2.36. The third kappa shape index (κ3) is 2.60. The van der Waals surface area contributed by atoms with Crippen molar-refractivity contribution < 1.29 is 9.53 Å². The van der Waals surface area contributed by atoms with E-state index < -0.39 is 0 Å². The van der Waals surface area contributed by atoms with Crippen LogP contribution in [0.4, 0.5) is 0 Å². The van der Waals surface area contributed by atoms with Crippen molar-refractivity contribution in [2.75, 3.05) is 13.2 Å². The fourth-order valence-corrected chi connectivity index (χ4v) is 3.86. The molecule has 118 valence electrons. The summed E-state index contributed by atoms with van der Waals surface area (Å²) in [5.74, 6) is 0.718. The zero-order valence-corrected chi connectivity index (χ0v) is 13.9. The zero-order chi connectivity index (χ0) is 15.8. The largest absolute Gasteiger partial charge is 0.490 e. The molecule has 1 aliphatic rings. The Kier molecular flexibility index (Phi) is 3.75. The number of amides is 1. The lowest BCUT2D eigenvalue weighted by Gasteiger charge is -2.19. The lowest BCUT2D eigenvalue weighted by Crippen LogP contribution is -2.29. The van der Waals surface area contributed by atoms with Crippen LogP contribution in [-0.2, 0) is 13.0 Å². The molecule has 6 heteroatoms. The van der Waals surface area contributed by atoms with Crippen LogP contribution < -0.4 is 10.1 Å². The lowest BCUT2D eigenvalue weighted by atomic mass is 10.2. The number of thiophene rings is 1. The molecular formula is C17H15ClN2O2S. The Morgan fingerprint density at radius 2 is 2.30 bits per heavy atom. The van der Waals surface area contributed by atoms with Crippen LogP contribution in [0.15, 0.2) is 35.7 Å². The third-order valence-electron chi connectivity index (χ3n) is 4.01.